The minimum atomic E-state index is -1.47. The quantitative estimate of drug-likeness (QED) is 0.511. The van der Waals surface area contributed by atoms with Gasteiger partial charge < -0.3 is 13.7 Å². The Hall–Kier alpha value is -2.95. The fraction of sp³-hybridized carbons (Fsp3) is 0.292. The van der Waals surface area contributed by atoms with E-state index in [4.69, 9.17) is 21.1 Å². The number of rotatable bonds is 3. The van der Waals surface area contributed by atoms with Crippen molar-refractivity contribution in [2.24, 2.45) is 0 Å². The van der Waals surface area contributed by atoms with Crippen molar-refractivity contribution in [1.29, 1.82) is 0 Å². The molecule has 2 aromatic heterocycles. The topological polar surface area (TPSA) is 70.1 Å². The third-order valence-corrected chi connectivity index (χ3v) is 9.14. The molecule has 174 valence electrons. The SMILES string of the molecule is CN1C(=O)[C@@]2(c3cc(F)ccc31)N(C)C[C@@H](c1ccco1)[C@@]21SC(=S)N(Cc2ccco2)C1=O. The number of hydrogen-bond donors (Lipinski definition) is 0. The van der Waals surface area contributed by atoms with E-state index in [2.05, 4.69) is 0 Å². The largest absolute Gasteiger partial charge is 0.469 e. The molecule has 0 aliphatic carbocycles. The van der Waals surface area contributed by atoms with E-state index in [1.54, 1.807) is 50.7 Å². The van der Waals surface area contributed by atoms with Crippen LogP contribution in [0.4, 0.5) is 10.1 Å². The van der Waals surface area contributed by atoms with Crippen LogP contribution in [0.5, 0.6) is 0 Å². The van der Waals surface area contributed by atoms with Gasteiger partial charge in [0.15, 0.2) is 5.54 Å². The highest BCUT2D eigenvalue weighted by Gasteiger charge is 2.79. The van der Waals surface area contributed by atoms with E-state index < -0.39 is 22.0 Å². The summed E-state index contributed by atoms with van der Waals surface area (Å²) >= 11 is 6.90. The smallest absolute Gasteiger partial charge is 0.254 e. The van der Waals surface area contributed by atoms with Crippen LogP contribution in [0.25, 0.3) is 0 Å². The highest BCUT2D eigenvalue weighted by atomic mass is 32.2. The Morgan fingerprint density at radius 1 is 1.12 bits per heavy atom. The Kier molecular flexibility index (Phi) is 4.61. The Balaban J connectivity index is 1.61. The molecule has 0 unspecified atom stereocenters. The highest BCUT2D eigenvalue weighted by molar-refractivity contribution is 8.25. The summed E-state index contributed by atoms with van der Waals surface area (Å²) in [5.74, 6) is -0.443. The number of likely N-dealkylation sites (tertiary alicyclic amines) is 1. The maximum atomic E-state index is 14.6. The number of thiocarbonyl (C=S) groups is 1. The first kappa shape index (κ1) is 21.6. The minimum Gasteiger partial charge on any atom is -0.469 e. The van der Waals surface area contributed by atoms with Crippen LogP contribution < -0.4 is 4.90 Å². The maximum absolute atomic E-state index is 14.6. The normalized spacial score (nSPS) is 28.8. The molecule has 2 saturated heterocycles. The third kappa shape index (κ3) is 2.48. The minimum absolute atomic E-state index is 0.143. The summed E-state index contributed by atoms with van der Waals surface area (Å²) in [7, 11) is 3.45. The van der Waals surface area contributed by atoms with Crippen molar-refractivity contribution in [2.45, 2.75) is 22.7 Å². The van der Waals surface area contributed by atoms with Gasteiger partial charge in [0.05, 0.1) is 25.0 Å². The van der Waals surface area contributed by atoms with Crippen molar-refractivity contribution < 1.29 is 22.8 Å². The number of amides is 2. The second-order valence-corrected chi connectivity index (χ2v) is 10.6. The average molecular weight is 498 g/mol. The first-order chi connectivity index (χ1) is 16.3. The molecule has 6 rings (SSSR count). The summed E-state index contributed by atoms with van der Waals surface area (Å²) in [6.07, 6.45) is 3.08. The van der Waals surface area contributed by atoms with Crippen LogP contribution in [0.2, 0.25) is 0 Å². The maximum Gasteiger partial charge on any atom is 0.254 e. The molecule has 5 heterocycles. The zero-order chi connectivity index (χ0) is 23.8. The summed E-state index contributed by atoms with van der Waals surface area (Å²) in [4.78, 5) is 33.5. The molecule has 7 nitrogen and oxygen atoms in total. The van der Waals surface area contributed by atoms with Gasteiger partial charge in [-0.1, -0.05) is 24.0 Å². The standard InChI is InChI=1S/C24H20FN3O4S2/c1-26-13-17(19-6-4-10-32-19)24(21(30)28(22(33)34-24)12-15-5-3-9-31-15)23(26)16-11-14(25)7-8-18(16)27(2)20(23)29/h3-11,17H,12-13H2,1-2H3/t17-,23+,24-/m0/s1. The highest BCUT2D eigenvalue weighted by Crippen LogP contribution is 2.66. The van der Waals surface area contributed by atoms with E-state index in [9.17, 15) is 14.0 Å². The van der Waals surface area contributed by atoms with Crippen LogP contribution in [0.3, 0.4) is 0 Å². The molecular weight excluding hydrogens is 477 g/mol. The average Bonchev–Trinajstić information content (AvgIpc) is 3.61. The molecule has 2 fully saturated rings. The van der Waals surface area contributed by atoms with E-state index in [1.807, 2.05) is 4.90 Å². The van der Waals surface area contributed by atoms with E-state index in [-0.39, 0.29) is 18.4 Å². The number of furan rings is 2. The predicted molar refractivity (Wildman–Crippen MR) is 128 cm³/mol. The van der Waals surface area contributed by atoms with Crippen LogP contribution in [0.15, 0.2) is 63.8 Å². The van der Waals surface area contributed by atoms with Gasteiger partial charge in [0.25, 0.3) is 5.91 Å². The van der Waals surface area contributed by atoms with Crippen LogP contribution in [0.1, 0.15) is 23.0 Å². The number of hydrogen-bond acceptors (Lipinski definition) is 7. The van der Waals surface area contributed by atoms with Crippen molar-refractivity contribution in [3.05, 3.63) is 77.9 Å². The third-order valence-electron chi connectivity index (χ3n) is 7.19. The molecule has 0 N–H and O–H groups in total. The number of likely N-dealkylation sites (N-methyl/N-ethyl adjacent to an activating group) is 2. The number of anilines is 1. The molecule has 10 heteroatoms. The molecular formula is C24H20FN3O4S2. The van der Waals surface area contributed by atoms with Crippen molar-refractivity contribution in [1.82, 2.24) is 9.80 Å². The number of nitrogens with zero attached hydrogens (tertiary/aromatic N) is 3. The molecule has 3 atom stereocenters. The Morgan fingerprint density at radius 3 is 2.59 bits per heavy atom. The summed E-state index contributed by atoms with van der Waals surface area (Å²) in [5.41, 5.74) is -0.443. The number of fused-ring (bicyclic) bond motifs is 3. The molecule has 2 amide bonds. The zero-order valence-corrected chi connectivity index (χ0v) is 20.0. The molecule has 3 aromatic rings. The molecule has 3 aliphatic heterocycles. The molecule has 1 aromatic carbocycles. The van der Waals surface area contributed by atoms with Crippen molar-refractivity contribution in [3.8, 4) is 0 Å². The summed E-state index contributed by atoms with van der Waals surface area (Å²) in [5, 5.41) is 0. The van der Waals surface area contributed by atoms with Gasteiger partial charge in [-0.2, -0.15) is 0 Å². The van der Waals surface area contributed by atoms with Crippen molar-refractivity contribution >= 4 is 45.8 Å². The Morgan fingerprint density at radius 2 is 1.88 bits per heavy atom. The fourth-order valence-electron chi connectivity index (χ4n) is 5.80. The lowest BCUT2D eigenvalue weighted by atomic mass is 9.73. The predicted octanol–water partition coefficient (Wildman–Crippen LogP) is 3.71. The second-order valence-electron chi connectivity index (χ2n) is 8.76. The van der Waals surface area contributed by atoms with E-state index in [0.29, 0.717) is 33.6 Å². The second kappa shape index (κ2) is 7.27. The van der Waals surface area contributed by atoms with Crippen molar-refractivity contribution in [3.63, 3.8) is 0 Å². The molecule has 34 heavy (non-hydrogen) atoms. The Bertz CT molecular complexity index is 1330. The van der Waals surface area contributed by atoms with Gasteiger partial charge in [-0.25, -0.2) is 4.39 Å². The summed E-state index contributed by atoms with van der Waals surface area (Å²) in [6, 6.07) is 11.4. The number of carbonyl (C=O) groups is 2. The van der Waals surface area contributed by atoms with Crippen LogP contribution in [-0.2, 0) is 21.7 Å². The van der Waals surface area contributed by atoms with Gasteiger partial charge >= 0.3 is 0 Å². The lowest BCUT2D eigenvalue weighted by Gasteiger charge is -2.41. The lowest BCUT2D eigenvalue weighted by Crippen LogP contribution is -2.62. The van der Waals surface area contributed by atoms with Gasteiger partial charge in [-0.15, -0.1) is 0 Å². The number of benzene rings is 1. The van der Waals surface area contributed by atoms with E-state index in [0.717, 1.165) is 0 Å². The summed E-state index contributed by atoms with van der Waals surface area (Å²) < 4.78 is 24.8. The van der Waals surface area contributed by atoms with Crippen LogP contribution in [0, 0.1) is 5.82 Å². The number of halogens is 1. The molecule has 0 bridgehead atoms. The number of thioether (sulfide) groups is 1. The van der Waals surface area contributed by atoms with Crippen LogP contribution in [-0.4, -0.2) is 51.3 Å². The van der Waals surface area contributed by atoms with Crippen LogP contribution >= 0.6 is 24.0 Å². The molecule has 0 radical (unpaired) electrons. The first-order valence-electron chi connectivity index (χ1n) is 10.7. The molecule has 2 spiro atoms. The van der Waals surface area contributed by atoms with Gasteiger partial charge in [-0.3, -0.25) is 19.4 Å². The van der Waals surface area contributed by atoms with Crippen molar-refractivity contribution in [2.75, 3.05) is 25.5 Å². The van der Waals surface area contributed by atoms with E-state index >= 15 is 0 Å². The Labute approximate surface area is 204 Å². The monoisotopic (exact) mass is 497 g/mol. The lowest BCUT2D eigenvalue weighted by molar-refractivity contribution is -0.139. The fourth-order valence-corrected chi connectivity index (χ4v) is 7.91. The zero-order valence-electron chi connectivity index (χ0n) is 18.4. The van der Waals surface area contributed by atoms with Gasteiger partial charge in [-0.05, 0) is 49.5 Å². The first-order valence-corrected chi connectivity index (χ1v) is 11.9. The molecule has 0 saturated carbocycles. The summed E-state index contributed by atoms with van der Waals surface area (Å²) in [6.45, 7) is 0.489. The van der Waals surface area contributed by atoms with E-state index in [1.165, 1.54) is 40.0 Å². The van der Waals surface area contributed by atoms with Gasteiger partial charge in [0, 0.05) is 24.8 Å². The number of carbonyl (C=O) groups excluding carboxylic acids is 2. The molecule has 3 aliphatic rings. The van der Waals surface area contributed by atoms with Gasteiger partial charge in [0.2, 0.25) is 5.91 Å². The van der Waals surface area contributed by atoms with Gasteiger partial charge in [0.1, 0.15) is 26.4 Å².